The van der Waals surface area contributed by atoms with E-state index in [-0.39, 0.29) is 12.6 Å². The minimum Gasteiger partial charge on any atom is -0.457 e. The van der Waals surface area contributed by atoms with Crippen molar-refractivity contribution < 1.29 is 14.3 Å². The van der Waals surface area contributed by atoms with Crippen molar-refractivity contribution in [2.75, 3.05) is 32.8 Å². The maximum Gasteiger partial charge on any atom is 0.341 e. The van der Waals surface area contributed by atoms with Gasteiger partial charge in [-0.3, -0.25) is 9.58 Å². The van der Waals surface area contributed by atoms with E-state index in [4.69, 9.17) is 9.47 Å². The number of aryl methyl sites for hydroxylation is 1. The zero-order chi connectivity index (χ0) is 16.8. The van der Waals surface area contributed by atoms with Crippen LogP contribution in [0.5, 0.6) is 0 Å². The van der Waals surface area contributed by atoms with Crippen LogP contribution in [0.2, 0.25) is 0 Å². The maximum absolute atomic E-state index is 12.1. The number of morpholine rings is 1. The maximum atomic E-state index is 12.1. The van der Waals surface area contributed by atoms with Crippen LogP contribution in [0.4, 0.5) is 0 Å². The number of hydrogen-bond acceptors (Lipinski definition) is 5. The Morgan fingerprint density at radius 2 is 2.04 bits per heavy atom. The number of carbonyl (C=O) groups excluding carboxylic acids is 1. The Kier molecular flexibility index (Phi) is 5.61. The fraction of sp³-hybridized carbons (Fsp3) is 0.444. The highest BCUT2D eigenvalue weighted by Crippen LogP contribution is 2.10. The van der Waals surface area contributed by atoms with Gasteiger partial charge in [0, 0.05) is 25.8 Å². The third-order valence-corrected chi connectivity index (χ3v) is 4.24. The number of rotatable bonds is 6. The van der Waals surface area contributed by atoms with Crippen LogP contribution in [0.3, 0.4) is 0 Å². The van der Waals surface area contributed by atoms with Crippen molar-refractivity contribution in [3.8, 4) is 0 Å². The molecule has 0 spiro atoms. The van der Waals surface area contributed by atoms with Gasteiger partial charge in [0.25, 0.3) is 0 Å². The summed E-state index contributed by atoms with van der Waals surface area (Å²) in [4.78, 5) is 14.5. The number of benzene rings is 1. The van der Waals surface area contributed by atoms with Gasteiger partial charge in [0.2, 0.25) is 0 Å². The minimum atomic E-state index is -0.337. The van der Waals surface area contributed by atoms with Gasteiger partial charge in [0.15, 0.2) is 0 Å². The summed E-state index contributed by atoms with van der Waals surface area (Å²) in [6.07, 6.45) is 3.32. The van der Waals surface area contributed by atoms with E-state index in [2.05, 4.69) is 10.00 Å². The van der Waals surface area contributed by atoms with E-state index in [1.165, 1.54) is 0 Å². The van der Waals surface area contributed by atoms with E-state index in [1.807, 2.05) is 31.2 Å². The van der Waals surface area contributed by atoms with Crippen molar-refractivity contribution in [3.63, 3.8) is 0 Å². The van der Waals surface area contributed by atoms with E-state index < -0.39 is 0 Å². The first-order valence-corrected chi connectivity index (χ1v) is 8.26. The Morgan fingerprint density at radius 1 is 1.25 bits per heavy atom. The Hall–Kier alpha value is -2.18. The van der Waals surface area contributed by atoms with Gasteiger partial charge in [-0.15, -0.1) is 0 Å². The van der Waals surface area contributed by atoms with Gasteiger partial charge in [0.05, 0.1) is 31.5 Å². The molecule has 6 heteroatoms. The number of ether oxygens (including phenoxy) is 2. The van der Waals surface area contributed by atoms with Crippen molar-refractivity contribution in [2.45, 2.75) is 20.1 Å². The molecule has 128 valence electrons. The number of aromatic nitrogens is 2. The number of carbonyl (C=O) groups is 1. The Morgan fingerprint density at radius 3 is 2.83 bits per heavy atom. The molecule has 0 atom stereocenters. The lowest BCUT2D eigenvalue weighted by Gasteiger charge is -2.26. The minimum absolute atomic E-state index is 0.282. The fourth-order valence-corrected chi connectivity index (χ4v) is 2.66. The van der Waals surface area contributed by atoms with Gasteiger partial charge >= 0.3 is 5.97 Å². The summed E-state index contributed by atoms with van der Waals surface area (Å²) < 4.78 is 12.5. The SMILES string of the molecule is Cc1ccccc1COC(=O)c1cnn(CCN2CCOCC2)c1. The number of esters is 1. The second kappa shape index (κ2) is 8.08. The molecule has 0 unspecified atom stereocenters. The molecule has 2 heterocycles. The molecular formula is C18H23N3O3. The molecule has 3 rings (SSSR count). The average Bonchev–Trinajstić information content (AvgIpc) is 3.09. The normalized spacial score (nSPS) is 15.4. The molecule has 1 fully saturated rings. The standard InChI is InChI=1S/C18H23N3O3/c1-15-4-2-3-5-16(15)14-24-18(22)17-12-19-21(13-17)7-6-20-8-10-23-11-9-20/h2-5,12-13H,6-11,14H2,1H3. The second-order valence-corrected chi connectivity index (χ2v) is 5.95. The molecule has 1 aliphatic heterocycles. The van der Waals surface area contributed by atoms with E-state index in [9.17, 15) is 4.79 Å². The average molecular weight is 329 g/mol. The smallest absolute Gasteiger partial charge is 0.341 e. The van der Waals surface area contributed by atoms with Crippen molar-refractivity contribution in [1.82, 2.24) is 14.7 Å². The Bertz CT molecular complexity index is 678. The molecule has 2 aromatic rings. The molecule has 0 saturated carbocycles. The van der Waals surface area contributed by atoms with E-state index >= 15 is 0 Å². The number of hydrogen-bond donors (Lipinski definition) is 0. The topological polar surface area (TPSA) is 56.6 Å². The molecule has 0 radical (unpaired) electrons. The van der Waals surface area contributed by atoms with Gasteiger partial charge in [-0.2, -0.15) is 5.10 Å². The van der Waals surface area contributed by atoms with Gasteiger partial charge < -0.3 is 9.47 Å². The molecule has 6 nitrogen and oxygen atoms in total. The van der Waals surface area contributed by atoms with Crippen LogP contribution in [0.15, 0.2) is 36.7 Å². The van der Waals surface area contributed by atoms with E-state index in [0.29, 0.717) is 5.56 Å². The lowest BCUT2D eigenvalue weighted by molar-refractivity contribution is 0.0359. The van der Waals surface area contributed by atoms with Gasteiger partial charge in [-0.05, 0) is 18.1 Å². The van der Waals surface area contributed by atoms with Crippen LogP contribution in [0.25, 0.3) is 0 Å². The van der Waals surface area contributed by atoms with Crippen LogP contribution in [0, 0.1) is 6.92 Å². The molecular weight excluding hydrogens is 306 g/mol. The second-order valence-electron chi connectivity index (χ2n) is 5.95. The first-order chi connectivity index (χ1) is 11.7. The summed E-state index contributed by atoms with van der Waals surface area (Å²) in [6.45, 7) is 7.43. The molecule has 1 saturated heterocycles. The van der Waals surface area contributed by atoms with Crippen LogP contribution in [-0.4, -0.2) is 53.5 Å². The molecule has 24 heavy (non-hydrogen) atoms. The summed E-state index contributed by atoms with van der Waals surface area (Å²) >= 11 is 0. The van der Waals surface area contributed by atoms with Crippen molar-refractivity contribution in [3.05, 3.63) is 53.3 Å². The lowest BCUT2D eigenvalue weighted by Crippen LogP contribution is -2.38. The van der Waals surface area contributed by atoms with Crippen LogP contribution in [0.1, 0.15) is 21.5 Å². The third kappa shape index (κ3) is 4.43. The first kappa shape index (κ1) is 16.7. The zero-order valence-corrected chi connectivity index (χ0v) is 14.0. The predicted molar refractivity (Wildman–Crippen MR) is 89.8 cm³/mol. The van der Waals surface area contributed by atoms with Crippen molar-refractivity contribution in [1.29, 1.82) is 0 Å². The highest BCUT2D eigenvalue weighted by molar-refractivity contribution is 5.88. The van der Waals surface area contributed by atoms with E-state index in [1.54, 1.807) is 17.1 Å². The molecule has 1 aliphatic rings. The first-order valence-electron chi connectivity index (χ1n) is 8.26. The Labute approximate surface area is 142 Å². The lowest BCUT2D eigenvalue weighted by atomic mass is 10.1. The summed E-state index contributed by atoms with van der Waals surface area (Å²) in [5, 5.41) is 4.25. The van der Waals surface area contributed by atoms with Gasteiger partial charge in [-0.25, -0.2) is 4.79 Å². The van der Waals surface area contributed by atoms with Crippen LogP contribution >= 0.6 is 0 Å². The third-order valence-electron chi connectivity index (χ3n) is 4.24. The molecule has 0 aliphatic carbocycles. The number of nitrogens with zero attached hydrogens (tertiary/aromatic N) is 3. The summed E-state index contributed by atoms with van der Waals surface area (Å²) in [5.74, 6) is -0.337. The predicted octanol–water partition coefficient (Wildman–Crippen LogP) is 1.88. The summed E-state index contributed by atoms with van der Waals surface area (Å²) in [7, 11) is 0. The van der Waals surface area contributed by atoms with Crippen molar-refractivity contribution >= 4 is 5.97 Å². The molecule has 0 amide bonds. The van der Waals surface area contributed by atoms with Crippen molar-refractivity contribution in [2.24, 2.45) is 0 Å². The molecule has 1 aromatic heterocycles. The molecule has 1 aromatic carbocycles. The Balaban J connectivity index is 1.49. The highest BCUT2D eigenvalue weighted by atomic mass is 16.5. The van der Waals surface area contributed by atoms with Gasteiger partial charge in [0.1, 0.15) is 6.61 Å². The summed E-state index contributed by atoms with van der Waals surface area (Å²) in [6, 6.07) is 7.89. The zero-order valence-electron chi connectivity index (χ0n) is 14.0. The summed E-state index contributed by atoms with van der Waals surface area (Å²) in [5.41, 5.74) is 2.63. The van der Waals surface area contributed by atoms with Crippen LogP contribution < -0.4 is 0 Å². The molecule has 0 N–H and O–H groups in total. The van der Waals surface area contributed by atoms with Gasteiger partial charge in [-0.1, -0.05) is 24.3 Å². The quantitative estimate of drug-likeness (QED) is 0.758. The van der Waals surface area contributed by atoms with E-state index in [0.717, 1.165) is 50.5 Å². The largest absolute Gasteiger partial charge is 0.457 e. The fourth-order valence-electron chi connectivity index (χ4n) is 2.66. The highest BCUT2D eigenvalue weighted by Gasteiger charge is 2.13. The van der Waals surface area contributed by atoms with Crippen LogP contribution in [-0.2, 0) is 22.6 Å². The monoisotopic (exact) mass is 329 g/mol. The molecule has 0 bridgehead atoms.